The highest BCUT2D eigenvalue weighted by atomic mass is 16.4. The number of hydrogen-bond donors (Lipinski definition) is 2. The molecule has 0 spiro atoms. The van der Waals surface area contributed by atoms with Crippen LogP contribution in [0.2, 0.25) is 0 Å². The van der Waals surface area contributed by atoms with Gasteiger partial charge in [-0.15, -0.1) is 0 Å². The standard InChI is InChI=1S/C11H18N4O/c1-8-5-4-6-11(13-8)15(3)9(2)7-10(12)14-16/h4-6,9,16H,7H2,1-3H3,(H2,12,14). The van der Waals surface area contributed by atoms with Crippen molar-refractivity contribution in [2.24, 2.45) is 10.9 Å². The number of amidine groups is 1. The zero-order valence-corrected chi connectivity index (χ0v) is 9.88. The second kappa shape index (κ2) is 5.34. The molecule has 0 aliphatic heterocycles. The van der Waals surface area contributed by atoms with E-state index in [1.165, 1.54) is 0 Å². The topological polar surface area (TPSA) is 74.7 Å². The number of nitrogens with two attached hydrogens (primary N) is 1. The van der Waals surface area contributed by atoms with E-state index in [1.54, 1.807) is 0 Å². The first-order valence-corrected chi connectivity index (χ1v) is 5.17. The second-order valence-electron chi connectivity index (χ2n) is 3.89. The minimum absolute atomic E-state index is 0.130. The quantitative estimate of drug-likeness (QED) is 0.349. The number of pyridine rings is 1. The maximum absolute atomic E-state index is 8.51. The van der Waals surface area contributed by atoms with Crippen molar-refractivity contribution >= 4 is 11.7 Å². The van der Waals surface area contributed by atoms with Crippen molar-refractivity contribution in [1.29, 1.82) is 0 Å². The molecule has 88 valence electrons. The van der Waals surface area contributed by atoms with Gasteiger partial charge < -0.3 is 15.8 Å². The molecule has 5 heteroatoms. The Morgan fingerprint density at radius 3 is 2.88 bits per heavy atom. The molecule has 1 rings (SSSR count). The van der Waals surface area contributed by atoms with Crippen LogP contribution in [-0.2, 0) is 0 Å². The van der Waals surface area contributed by atoms with Crippen LogP contribution in [0.15, 0.2) is 23.4 Å². The number of anilines is 1. The van der Waals surface area contributed by atoms with Crippen molar-refractivity contribution in [3.8, 4) is 0 Å². The van der Waals surface area contributed by atoms with Crippen LogP contribution in [0.3, 0.4) is 0 Å². The van der Waals surface area contributed by atoms with Gasteiger partial charge in [0.15, 0.2) is 0 Å². The average molecular weight is 222 g/mol. The van der Waals surface area contributed by atoms with Crippen molar-refractivity contribution in [3.63, 3.8) is 0 Å². The first-order valence-electron chi connectivity index (χ1n) is 5.17. The lowest BCUT2D eigenvalue weighted by atomic mass is 10.2. The van der Waals surface area contributed by atoms with Crippen molar-refractivity contribution in [2.75, 3.05) is 11.9 Å². The molecule has 3 N–H and O–H groups in total. The predicted octanol–water partition coefficient (Wildman–Crippen LogP) is 1.35. The largest absolute Gasteiger partial charge is 0.409 e. The highest BCUT2D eigenvalue weighted by Gasteiger charge is 2.12. The van der Waals surface area contributed by atoms with Crippen LogP contribution in [0.25, 0.3) is 0 Å². The summed E-state index contributed by atoms with van der Waals surface area (Å²) >= 11 is 0. The first-order chi connectivity index (χ1) is 7.54. The molecule has 0 saturated carbocycles. The van der Waals surface area contributed by atoms with Gasteiger partial charge in [-0.05, 0) is 26.0 Å². The summed E-state index contributed by atoms with van der Waals surface area (Å²) in [5, 5.41) is 11.5. The Bertz CT molecular complexity index is 378. The molecule has 0 bridgehead atoms. The number of aromatic nitrogens is 1. The van der Waals surface area contributed by atoms with E-state index in [1.807, 2.05) is 44.0 Å². The maximum atomic E-state index is 8.51. The normalized spacial score (nSPS) is 13.6. The van der Waals surface area contributed by atoms with Crippen LogP contribution >= 0.6 is 0 Å². The van der Waals surface area contributed by atoms with Crippen LogP contribution in [0.4, 0.5) is 5.82 Å². The molecule has 1 unspecified atom stereocenters. The van der Waals surface area contributed by atoms with Gasteiger partial charge in [0, 0.05) is 25.2 Å². The van der Waals surface area contributed by atoms with Crippen LogP contribution in [0.1, 0.15) is 19.0 Å². The van der Waals surface area contributed by atoms with Gasteiger partial charge >= 0.3 is 0 Å². The molecule has 0 aliphatic rings. The molecule has 0 aromatic carbocycles. The van der Waals surface area contributed by atoms with E-state index in [0.29, 0.717) is 6.42 Å². The van der Waals surface area contributed by atoms with Crippen LogP contribution < -0.4 is 10.6 Å². The molecular weight excluding hydrogens is 204 g/mol. The van der Waals surface area contributed by atoms with E-state index >= 15 is 0 Å². The van der Waals surface area contributed by atoms with Crippen LogP contribution in [0.5, 0.6) is 0 Å². The number of nitrogens with zero attached hydrogens (tertiary/aromatic N) is 3. The smallest absolute Gasteiger partial charge is 0.141 e. The zero-order chi connectivity index (χ0) is 12.1. The van der Waals surface area contributed by atoms with Gasteiger partial charge in [-0.1, -0.05) is 11.2 Å². The highest BCUT2D eigenvalue weighted by molar-refractivity contribution is 5.80. The predicted molar refractivity (Wildman–Crippen MR) is 64.9 cm³/mol. The molecule has 5 nitrogen and oxygen atoms in total. The number of oxime groups is 1. The minimum Gasteiger partial charge on any atom is -0.409 e. The number of hydrogen-bond acceptors (Lipinski definition) is 4. The SMILES string of the molecule is Cc1cccc(N(C)C(C)CC(N)=NO)n1. The molecular formula is C11H18N4O. The van der Waals surface area contributed by atoms with Crippen molar-refractivity contribution < 1.29 is 5.21 Å². The van der Waals surface area contributed by atoms with Crippen LogP contribution in [-0.4, -0.2) is 29.1 Å². The molecule has 0 amide bonds. The van der Waals surface area contributed by atoms with Gasteiger partial charge in [0.25, 0.3) is 0 Å². The first kappa shape index (κ1) is 12.3. The van der Waals surface area contributed by atoms with E-state index in [9.17, 15) is 0 Å². The average Bonchev–Trinajstić information content (AvgIpc) is 2.27. The van der Waals surface area contributed by atoms with Crippen molar-refractivity contribution in [1.82, 2.24) is 4.98 Å². The Balaban J connectivity index is 2.74. The zero-order valence-electron chi connectivity index (χ0n) is 9.88. The van der Waals surface area contributed by atoms with E-state index in [0.717, 1.165) is 11.5 Å². The fourth-order valence-corrected chi connectivity index (χ4v) is 1.43. The van der Waals surface area contributed by atoms with Gasteiger partial charge in [0.05, 0.1) is 0 Å². The number of rotatable bonds is 4. The van der Waals surface area contributed by atoms with Gasteiger partial charge in [-0.2, -0.15) is 0 Å². The third-order valence-electron chi connectivity index (χ3n) is 2.53. The Morgan fingerprint density at radius 2 is 2.31 bits per heavy atom. The molecule has 1 aromatic heterocycles. The lowest BCUT2D eigenvalue weighted by Gasteiger charge is -2.25. The Morgan fingerprint density at radius 1 is 1.62 bits per heavy atom. The summed E-state index contributed by atoms with van der Waals surface area (Å²) < 4.78 is 0. The summed E-state index contributed by atoms with van der Waals surface area (Å²) in [6.07, 6.45) is 0.503. The Labute approximate surface area is 95.6 Å². The molecule has 1 aromatic rings. The third kappa shape index (κ3) is 3.12. The Kier molecular flexibility index (Phi) is 4.10. The molecule has 1 heterocycles. The molecule has 0 radical (unpaired) electrons. The minimum atomic E-state index is 0.130. The summed E-state index contributed by atoms with van der Waals surface area (Å²) in [5.74, 6) is 1.12. The summed E-state index contributed by atoms with van der Waals surface area (Å²) in [7, 11) is 1.94. The van der Waals surface area contributed by atoms with Gasteiger partial charge in [0.1, 0.15) is 11.7 Å². The van der Waals surface area contributed by atoms with Gasteiger partial charge in [0.2, 0.25) is 0 Å². The molecule has 1 atom stereocenters. The van der Waals surface area contributed by atoms with Crippen molar-refractivity contribution in [2.45, 2.75) is 26.3 Å². The fraction of sp³-hybridized carbons (Fsp3) is 0.455. The number of aryl methyl sites for hydroxylation is 1. The van der Waals surface area contributed by atoms with E-state index in [2.05, 4.69) is 10.1 Å². The van der Waals surface area contributed by atoms with E-state index in [4.69, 9.17) is 10.9 Å². The third-order valence-corrected chi connectivity index (χ3v) is 2.53. The lowest BCUT2D eigenvalue weighted by molar-refractivity contribution is 0.316. The van der Waals surface area contributed by atoms with Gasteiger partial charge in [-0.25, -0.2) is 4.98 Å². The Hall–Kier alpha value is -1.78. The van der Waals surface area contributed by atoms with Crippen molar-refractivity contribution in [3.05, 3.63) is 23.9 Å². The fourth-order valence-electron chi connectivity index (χ4n) is 1.43. The summed E-state index contributed by atoms with van der Waals surface area (Å²) in [6.45, 7) is 3.95. The molecule has 0 aliphatic carbocycles. The highest BCUT2D eigenvalue weighted by Crippen LogP contribution is 2.13. The molecule has 16 heavy (non-hydrogen) atoms. The van der Waals surface area contributed by atoms with E-state index < -0.39 is 0 Å². The monoisotopic (exact) mass is 222 g/mol. The summed E-state index contributed by atoms with van der Waals surface area (Å²) in [5.41, 5.74) is 6.45. The summed E-state index contributed by atoms with van der Waals surface area (Å²) in [6, 6.07) is 5.98. The van der Waals surface area contributed by atoms with E-state index in [-0.39, 0.29) is 11.9 Å². The summed E-state index contributed by atoms with van der Waals surface area (Å²) in [4.78, 5) is 6.42. The molecule has 0 fully saturated rings. The van der Waals surface area contributed by atoms with Crippen LogP contribution in [0, 0.1) is 6.92 Å². The second-order valence-corrected chi connectivity index (χ2v) is 3.89. The lowest BCUT2D eigenvalue weighted by Crippen LogP contribution is -2.33. The van der Waals surface area contributed by atoms with Gasteiger partial charge in [-0.3, -0.25) is 0 Å². The maximum Gasteiger partial charge on any atom is 0.141 e. The molecule has 0 saturated heterocycles.